The molecule has 0 aromatic rings. The van der Waals surface area contributed by atoms with Crippen LogP contribution in [0.2, 0.25) is 0 Å². The Morgan fingerprint density at radius 2 is 0.367 bits per heavy atom. The summed E-state index contributed by atoms with van der Waals surface area (Å²) in [4.78, 5) is 12.0. The van der Waals surface area contributed by atoms with Gasteiger partial charge in [-0.05, 0) is 13.3 Å². The summed E-state index contributed by atoms with van der Waals surface area (Å²) in [6.45, 7) is 27.6. The summed E-state index contributed by atoms with van der Waals surface area (Å²) in [5.41, 5.74) is 0. The molecular formula is C70H140O28. The smallest absolute Gasteiger partial charge is 0.305 e. The van der Waals surface area contributed by atoms with Gasteiger partial charge in [-0.15, -0.1) is 0 Å². The molecule has 0 spiro atoms. The fourth-order valence-corrected chi connectivity index (χ4v) is 8.37. The van der Waals surface area contributed by atoms with E-state index in [-0.39, 0.29) is 19.2 Å². The molecule has 0 radical (unpaired) electrons. The minimum Gasteiger partial charge on any atom is -0.460 e. The van der Waals surface area contributed by atoms with Crippen LogP contribution in [0.5, 0.6) is 0 Å². The van der Waals surface area contributed by atoms with E-state index in [1.54, 1.807) is 0 Å². The predicted molar refractivity (Wildman–Crippen MR) is 368 cm³/mol. The fraction of sp³-hybridized carbons (Fsp3) is 0.986. The number of carbonyl (C=O) groups is 1. The van der Waals surface area contributed by atoms with Gasteiger partial charge < -0.3 is 128 Å². The van der Waals surface area contributed by atoms with Crippen LogP contribution in [-0.2, 0) is 128 Å². The van der Waals surface area contributed by atoms with Gasteiger partial charge in [0, 0.05) is 13.0 Å². The van der Waals surface area contributed by atoms with Crippen LogP contribution in [0.1, 0.15) is 117 Å². The minimum absolute atomic E-state index is 0.179. The third kappa shape index (κ3) is 90.5. The third-order valence-electron chi connectivity index (χ3n) is 13.7. The molecule has 0 saturated carbocycles. The summed E-state index contributed by atoms with van der Waals surface area (Å²) in [6, 6.07) is 0. The molecule has 0 aliphatic carbocycles. The Kier molecular flexibility index (Phi) is 90.0. The summed E-state index contributed by atoms with van der Waals surface area (Å²) in [6.07, 6.45) is 18.4. The molecule has 1 N–H and O–H groups in total. The lowest BCUT2D eigenvalue weighted by molar-refractivity contribution is -0.169. The zero-order valence-electron chi connectivity index (χ0n) is 61.2. The van der Waals surface area contributed by atoms with Gasteiger partial charge in [0.25, 0.3) is 0 Å². The Morgan fingerprint density at radius 1 is 0.214 bits per heavy atom. The molecule has 0 aliphatic rings. The second kappa shape index (κ2) is 91.5. The van der Waals surface area contributed by atoms with Crippen LogP contribution in [0.15, 0.2) is 0 Å². The molecule has 0 aromatic carbocycles. The third-order valence-corrected chi connectivity index (χ3v) is 13.7. The maximum atomic E-state index is 12.0. The maximum Gasteiger partial charge on any atom is 0.305 e. The molecule has 0 rings (SSSR count). The number of ether oxygens (including phenoxy) is 26. The van der Waals surface area contributed by atoms with Crippen molar-refractivity contribution in [2.45, 2.75) is 123 Å². The quantitative estimate of drug-likeness (QED) is 0.0384. The average Bonchev–Trinajstić information content (AvgIpc) is 3.74. The minimum atomic E-state index is -1.17. The lowest BCUT2D eigenvalue weighted by Gasteiger charge is -2.13. The predicted octanol–water partition coefficient (Wildman–Crippen LogP) is 6.54. The van der Waals surface area contributed by atoms with Crippen LogP contribution in [0.25, 0.3) is 0 Å². The topological polar surface area (TPSA) is 277 Å². The van der Waals surface area contributed by atoms with Gasteiger partial charge in [0.2, 0.25) is 0 Å². The SMILES string of the molecule is CCCCCCCCCCCCCCCCCC(=O)OCC(O)OCCOCCOCCOCCOCCOCCOCCOCCOCCOCCOCCOCCOCCOCCOCCOCCOCCOCCOCCOCCOCCOCCOCCOCCOCC. The first kappa shape index (κ1) is 96.4. The molecule has 0 aromatic heterocycles. The molecule has 0 aliphatic heterocycles. The Bertz CT molecular complexity index is 1430. The lowest BCUT2D eigenvalue weighted by Crippen LogP contribution is -2.23. The van der Waals surface area contributed by atoms with Crippen LogP contribution in [0, 0.1) is 0 Å². The Morgan fingerprint density at radius 3 is 0.541 bits per heavy atom. The monoisotopic (exact) mass is 1430 g/mol. The number of hydrogen-bond donors (Lipinski definition) is 1. The molecule has 98 heavy (non-hydrogen) atoms. The Labute approximate surface area is 590 Å². The van der Waals surface area contributed by atoms with Crippen molar-refractivity contribution >= 4 is 5.97 Å². The van der Waals surface area contributed by atoms with Crippen molar-refractivity contribution in [1.29, 1.82) is 0 Å². The van der Waals surface area contributed by atoms with Crippen LogP contribution in [-0.4, -0.2) is 348 Å². The summed E-state index contributed by atoms with van der Waals surface area (Å²) >= 11 is 0. The van der Waals surface area contributed by atoms with Gasteiger partial charge in [0.1, 0.15) is 6.61 Å². The number of aliphatic hydroxyl groups excluding tert-OH is 1. The first-order valence-electron chi connectivity index (χ1n) is 37.0. The maximum absolute atomic E-state index is 12.0. The van der Waals surface area contributed by atoms with Crippen LogP contribution >= 0.6 is 0 Å². The molecule has 0 fully saturated rings. The molecule has 0 bridgehead atoms. The second-order valence-corrected chi connectivity index (χ2v) is 22.0. The van der Waals surface area contributed by atoms with Crippen LogP contribution < -0.4 is 0 Å². The van der Waals surface area contributed by atoms with E-state index in [2.05, 4.69) is 6.92 Å². The summed E-state index contributed by atoms with van der Waals surface area (Å²) in [7, 11) is 0. The summed E-state index contributed by atoms with van der Waals surface area (Å²) in [5, 5.41) is 9.95. The van der Waals surface area contributed by atoms with Gasteiger partial charge >= 0.3 is 5.97 Å². The largest absolute Gasteiger partial charge is 0.460 e. The summed E-state index contributed by atoms with van der Waals surface area (Å²) in [5.74, 6) is -0.300. The van der Waals surface area contributed by atoms with Crippen molar-refractivity contribution in [2.75, 3.05) is 330 Å². The average molecular weight is 1430 g/mol. The molecule has 28 nitrogen and oxygen atoms in total. The number of rotatable bonds is 92. The highest BCUT2D eigenvalue weighted by Crippen LogP contribution is 2.14. The molecule has 588 valence electrons. The van der Waals surface area contributed by atoms with Gasteiger partial charge in [0.05, 0.1) is 317 Å². The number of carbonyl (C=O) groups excluding carboxylic acids is 1. The van der Waals surface area contributed by atoms with Gasteiger partial charge in [-0.2, -0.15) is 0 Å². The number of esters is 1. The molecule has 1 atom stereocenters. The van der Waals surface area contributed by atoms with Crippen LogP contribution in [0.3, 0.4) is 0 Å². The van der Waals surface area contributed by atoms with Crippen molar-refractivity contribution in [2.24, 2.45) is 0 Å². The molecule has 0 heterocycles. The first-order valence-corrected chi connectivity index (χ1v) is 37.0. The molecule has 1 unspecified atom stereocenters. The van der Waals surface area contributed by atoms with Crippen molar-refractivity contribution in [1.82, 2.24) is 0 Å². The van der Waals surface area contributed by atoms with E-state index < -0.39 is 6.29 Å². The van der Waals surface area contributed by atoms with E-state index in [0.29, 0.717) is 324 Å². The number of aliphatic hydroxyl groups is 1. The van der Waals surface area contributed by atoms with E-state index in [1.165, 1.54) is 77.0 Å². The Balaban J connectivity index is 3.15. The Hall–Kier alpha value is -1.57. The van der Waals surface area contributed by atoms with Crippen molar-refractivity contribution in [3.05, 3.63) is 0 Å². The zero-order valence-corrected chi connectivity index (χ0v) is 61.2. The molecule has 0 saturated heterocycles. The molecular weight excluding hydrogens is 1290 g/mol. The van der Waals surface area contributed by atoms with Gasteiger partial charge in [-0.25, -0.2) is 0 Å². The number of unbranched alkanes of at least 4 members (excludes halogenated alkanes) is 14. The normalized spacial score (nSPS) is 12.1. The van der Waals surface area contributed by atoms with Gasteiger partial charge in [-0.3, -0.25) is 4.79 Å². The van der Waals surface area contributed by atoms with Gasteiger partial charge in [-0.1, -0.05) is 96.8 Å². The van der Waals surface area contributed by atoms with E-state index in [1.807, 2.05) is 6.92 Å². The van der Waals surface area contributed by atoms with E-state index >= 15 is 0 Å². The molecule has 0 amide bonds. The van der Waals surface area contributed by atoms with Crippen LogP contribution in [0.4, 0.5) is 0 Å². The fourth-order valence-electron chi connectivity index (χ4n) is 8.37. The standard InChI is InChI=1S/C70H140O28/c1-3-5-6-7-8-9-10-11-12-13-14-15-16-17-18-19-69(71)98-68-70(72)97-67-66-96-65-64-95-63-62-94-61-60-93-59-58-92-57-56-91-55-54-90-53-52-89-51-50-88-49-48-87-47-46-86-45-44-85-43-42-84-41-40-83-39-38-82-37-36-81-35-34-80-33-32-79-31-30-78-29-28-77-27-26-76-25-24-75-23-22-74-21-20-73-4-2/h70,72H,3-68H2,1-2H3. The van der Waals surface area contributed by atoms with E-state index in [4.69, 9.17) is 123 Å². The van der Waals surface area contributed by atoms with E-state index in [0.717, 1.165) is 19.3 Å². The highest BCUT2D eigenvalue weighted by atomic mass is 16.7. The van der Waals surface area contributed by atoms with Crippen molar-refractivity contribution < 1.29 is 133 Å². The highest BCUT2D eigenvalue weighted by Gasteiger charge is 2.10. The highest BCUT2D eigenvalue weighted by molar-refractivity contribution is 5.69. The lowest BCUT2D eigenvalue weighted by atomic mass is 10.0. The van der Waals surface area contributed by atoms with E-state index in [9.17, 15) is 9.90 Å². The van der Waals surface area contributed by atoms with Crippen molar-refractivity contribution in [3.8, 4) is 0 Å². The van der Waals surface area contributed by atoms with Crippen molar-refractivity contribution in [3.63, 3.8) is 0 Å². The summed E-state index contributed by atoms with van der Waals surface area (Å²) < 4.78 is 142. The second-order valence-electron chi connectivity index (χ2n) is 22.0. The number of hydrogen-bond acceptors (Lipinski definition) is 28. The first-order chi connectivity index (χ1) is 48.7. The van der Waals surface area contributed by atoms with Gasteiger partial charge in [0.15, 0.2) is 6.29 Å². The zero-order chi connectivity index (χ0) is 70.2. The molecule has 28 heteroatoms.